The van der Waals surface area contributed by atoms with E-state index in [9.17, 15) is 4.79 Å². The van der Waals surface area contributed by atoms with E-state index in [0.717, 1.165) is 24.4 Å². The van der Waals surface area contributed by atoms with Crippen LogP contribution in [-0.2, 0) is 11.2 Å². The third-order valence-electron chi connectivity index (χ3n) is 3.73. The van der Waals surface area contributed by atoms with Crippen LogP contribution in [0.2, 0.25) is 0 Å². The second kappa shape index (κ2) is 7.36. The maximum Gasteiger partial charge on any atom is 0.220 e. The third-order valence-corrected chi connectivity index (χ3v) is 3.73. The van der Waals surface area contributed by atoms with E-state index in [-0.39, 0.29) is 12.5 Å². The van der Waals surface area contributed by atoms with Gasteiger partial charge in [0.15, 0.2) is 0 Å². The lowest BCUT2D eigenvalue weighted by atomic mass is 10.1. The van der Waals surface area contributed by atoms with Crippen LogP contribution < -0.4 is 5.32 Å². The molecule has 0 unspecified atom stereocenters. The largest absolute Gasteiger partial charge is 0.395 e. The summed E-state index contributed by atoms with van der Waals surface area (Å²) in [6.45, 7) is 1.42. The smallest absolute Gasteiger partial charge is 0.220 e. The second-order valence-electron chi connectivity index (χ2n) is 5.27. The van der Waals surface area contributed by atoms with Crippen molar-refractivity contribution in [2.45, 2.75) is 31.7 Å². The monoisotopic (exact) mass is 277 g/mol. The van der Waals surface area contributed by atoms with Gasteiger partial charge in [0, 0.05) is 18.7 Å². The van der Waals surface area contributed by atoms with Crippen LogP contribution in [0.3, 0.4) is 0 Å². The lowest BCUT2D eigenvalue weighted by Gasteiger charge is -2.19. The van der Waals surface area contributed by atoms with E-state index in [0.29, 0.717) is 25.4 Å². The second-order valence-corrected chi connectivity index (χ2v) is 5.27. The molecule has 1 saturated heterocycles. The number of aliphatic hydroxyl groups excluding tert-OH is 1. The molecule has 2 N–H and O–H groups in total. The maximum atomic E-state index is 11.5. The van der Waals surface area contributed by atoms with E-state index < -0.39 is 0 Å². The van der Waals surface area contributed by atoms with Gasteiger partial charge in [0.2, 0.25) is 5.91 Å². The molecule has 0 bridgehead atoms. The number of hydrogen-bond acceptors (Lipinski definition) is 4. The average molecular weight is 277 g/mol. The van der Waals surface area contributed by atoms with Crippen LogP contribution in [0.25, 0.3) is 0 Å². The summed E-state index contributed by atoms with van der Waals surface area (Å²) in [5.41, 5.74) is 2.07. The summed E-state index contributed by atoms with van der Waals surface area (Å²) >= 11 is 0. The summed E-state index contributed by atoms with van der Waals surface area (Å²) in [6, 6.07) is 6.48. The van der Waals surface area contributed by atoms with Gasteiger partial charge in [0.05, 0.1) is 18.3 Å². The molecule has 1 aromatic heterocycles. The highest BCUT2D eigenvalue weighted by Gasteiger charge is 2.23. The fourth-order valence-electron chi connectivity index (χ4n) is 2.63. The quantitative estimate of drug-likeness (QED) is 0.810. The van der Waals surface area contributed by atoms with E-state index in [4.69, 9.17) is 5.11 Å². The minimum atomic E-state index is -0.0377. The summed E-state index contributed by atoms with van der Waals surface area (Å²) in [5, 5.41) is 11.3. The number of aromatic nitrogens is 1. The average Bonchev–Trinajstić information content (AvgIpc) is 2.89. The van der Waals surface area contributed by atoms with Crippen LogP contribution in [0.5, 0.6) is 0 Å². The lowest BCUT2D eigenvalue weighted by Crippen LogP contribution is -2.26. The summed E-state index contributed by atoms with van der Waals surface area (Å²) in [7, 11) is 2.13. The first-order chi connectivity index (χ1) is 9.70. The number of amides is 1. The van der Waals surface area contributed by atoms with Gasteiger partial charge in [0.1, 0.15) is 0 Å². The summed E-state index contributed by atoms with van der Waals surface area (Å²) < 4.78 is 0. The van der Waals surface area contributed by atoms with Gasteiger partial charge in [-0.2, -0.15) is 0 Å². The van der Waals surface area contributed by atoms with E-state index in [1.165, 1.54) is 6.42 Å². The van der Waals surface area contributed by atoms with Gasteiger partial charge in [-0.1, -0.05) is 6.07 Å². The topological polar surface area (TPSA) is 65.5 Å². The first kappa shape index (κ1) is 14.9. The normalized spacial score (nSPS) is 19.2. The number of carbonyl (C=O) groups excluding carboxylic acids is 1. The van der Waals surface area contributed by atoms with Crippen molar-refractivity contribution >= 4 is 5.91 Å². The highest BCUT2D eigenvalue weighted by Crippen LogP contribution is 2.28. The van der Waals surface area contributed by atoms with Crippen LogP contribution in [0.4, 0.5) is 0 Å². The fourth-order valence-corrected chi connectivity index (χ4v) is 2.63. The lowest BCUT2D eigenvalue weighted by molar-refractivity contribution is -0.121. The molecule has 1 fully saturated rings. The van der Waals surface area contributed by atoms with Gasteiger partial charge in [-0.15, -0.1) is 0 Å². The van der Waals surface area contributed by atoms with Crippen molar-refractivity contribution in [1.29, 1.82) is 0 Å². The van der Waals surface area contributed by atoms with Crippen molar-refractivity contribution < 1.29 is 9.90 Å². The first-order valence-corrected chi connectivity index (χ1v) is 7.24. The Morgan fingerprint density at radius 2 is 2.40 bits per heavy atom. The van der Waals surface area contributed by atoms with Gasteiger partial charge in [0.25, 0.3) is 0 Å². The molecule has 5 heteroatoms. The summed E-state index contributed by atoms with van der Waals surface area (Å²) in [4.78, 5) is 18.5. The molecule has 2 heterocycles. The third kappa shape index (κ3) is 4.02. The van der Waals surface area contributed by atoms with E-state index in [2.05, 4.69) is 28.3 Å². The molecular weight excluding hydrogens is 254 g/mol. The highest BCUT2D eigenvalue weighted by atomic mass is 16.3. The minimum absolute atomic E-state index is 0.0203. The van der Waals surface area contributed by atoms with Crippen molar-refractivity contribution in [3.63, 3.8) is 0 Å². The van der Waals surface area contributed by atoms with Crippen molar-refractivity contribution in [3.05, 3.63) is 29.6 Å². The Hall–Kier alpha value is -1.46. The Labute approximate surface area is 120 Å². The van der Waals surface area contributed by atoms with Gasteiger partial charge in [-0.3, -0.25) is 14.7 Å². The Kier molecular flexibility index (Phi) is 5.49. The number of nitrogens with zero attached hydrogens (tertiary/aromatic N) is 2. The number of aryl methyl sites for hydroxylation is 1. The van der Waals surface area contributed by atoms with Crippen molar-refractivity contribution in [1.82, 2.24) is 15.2 Å². The zero-order valence-corrected chi connectivity index (χ0v) is 12.0. The molecule has 1 amide bonds. The number of hydrogen-bond donors (Lipinski definition) is 2. The molecule has 0 radical (unpaired) electrons. The predicted molar refractivity (Wildman–Crippen MR) is 77.3 cm³/mol. The van der Waals surface area contributed by atoms with Crippen LogP contribution in [0.15, 0.2) is 18.2 Å². The maximum absolute atomic E-state index is 11.5. The molecule has 1 atom stereocenters. The Morgan fingerprint density at radius 1 is 1.55 bits per heavy atom. The number of likely N-dealkylation sites (tertiary alicyclic amines) is 1. The van der Waals surface area contributed by atoms with E-state index in [1.807, 2.05) is 12.1 Å². The molecule has 1 aliphatic rings. The number of carbonyl (C=O) groups is 1. The highest BCUT2D eigenvalue weighted by molar-refractivity contribution is 5.76. The van der Waals surface area contributed by atoms with Crippen molar-refractivity contribution in [2.75, 3.05) is 26.7 Å². The number of aliphatic hydroxyl groups is 1. The van der Waals surface area contributed by atoms with Gasteiger partial charge >= 0.3 is 0 Å². The molecule has 1 aliphatic heterocycles. The molecule has 0 spiro atoms. The van der Waals surface area contributed by atoms with E-state index in [1.54, 1.807) is 0 Å². The van der Waals surface area contributed by atoms with Gasteiger partial charge < -0.3 is 10.4 Å². The van der Waals surface area contributed by atoms with E-state index >= 15 is 0 Å². The Morgan fingerprint density at radius 3 is 3.10 bits per heavy atom. The number of rotatable bonds is 6. The standard InChI is InChI=1S/C15H23N3O2/c1-18-10-3-6-14(18)13-5-2-4-12(17-13)7-8-15(20)16-9-11-19/h2,4-5,14,19H,3,6-11H2,1H3,(H,16,20)/t14-/m1/s1. The molecule has 5 nitrogen and oxygen atoms in total. The number of pyridine rings is 1. The van der Waals surface area contributed by atoms with Gasteiger partial charge in [-0.05, 0) is 45.0 Å². The predicted octanol–water partition coefficient (Wildman–Crippen LogP) is 0.889. The molecule has 2 rings (SSSR count). The number of nitrogens with one attached hydrogen (secondary N) is 1. The molecule has 1 aromatic rings. The Bertz CT molecular complexity index is 450. The molecule has 110 valence electrons. The van der Waals surface area contributed by atoms with Crippen LogP contribution >= 0.6 is 0 Å². The molecule has 20 heavy (non-hydrogen) atoms. The van der Waals surface area contributed by atoms with Crippen LogP contribution in [-0.4, -0.2) is 47.6 Å². The summed E-state index contributed by atoms with van der Waals surface area (Å²) in [5.74, 6) is -0.0377. The molecule has 0 saturated carbocycles. The van der Waals surface area contributed by atoms with Crippen molar-refractivity contribution in [2.24, 2.45) is 0 Å². The molecular formula is C15H23N3O2. The van der Waals surface area contributed by atoms with Crippen LogP contribution in [0, 0.1) is 0 Å². The SMILES string of the molecule is CN1CCC[C@@H]1c1cccc(CCC(=O)NCCO)n1. The van der Waals surface area contributed by atoms with Crippen molar-refractivity contribution in [3.8, 4) is 0 Å². The zero-order chi connectivity index (χ0) is 14.4. The zero-order valence-electron chi connectivity index (χ0n) is 12.0. The van der Waals surface area contributed by atoms with Gasteiger partial charge in [-0.25, -0.2) is 0 Å². The fraction of sp³-hybridized carbons (Fsp3) is 0.600. The summed E-state index contributed by atoms with van der Waals surface area (Å²) in [6.07, 6.45) is 3.43. The molecule has 0 aliphatic carbocycles. The van der Waals surface area contributed by atoms with Crippen LogP contribution in [0.1, 0.15) is 36.7 Å². The molecule has 0 aromatic carbocycles. The Balaban J connectivity index is 1.91. The first-order valence-electron chi connectivity index (χ1n) is 7.24. The minimum Gasteiger partial charge on any atom is -0.395 e.